The molecule has 1 saturated carbocycles. The summed E-state index contributed by atoms with van der Waals surface area (Å²) in [6, 6.07) is 5.85. The number of rotatable bonds is 2. The molecule has 1 N–H and O–H groups in total. The largest absolute Gasteiger partial charge is 0.488 e. The van der Waals surface area contributed by atoms with Crippen LogP contribution >= 0.6 is 0 Å². The number of ether oxygens (including phenoxy) is 1. The monoisotopic (exact) mass is 244 g/mol. The maximum absolute atomic E-state index is 9.53. The Hall–Kier alpha value is -1.68. The van der Waals surface area contributed by atoms with E-state index in [1.54, 1.807) is 0 Å². The molecule has 4 heteroatoms. The van der Waals surface area contributed by atoms with E-state index >= 15 is 0 Å². The van der Waals surface area contributed by atoms with E-state index in [-0.39, 0.29) is 12.2 Å². The Kier molecular flexibility index (Phi) is 2.88. The fourth-order valence-electron chi connectivity index (χ4n) is 2.42. The minimum Gasteiger partial charge on any atom is -0.488 e. The summed E-state index contributed by atoms with van der Waals surface area (Å²) in [4.78, 5) is 8.62. The highest BCUT2D eigenvalue weighted by molar-refractivity contribution is 5.83. The first kappa shape index (κ1) is 11.4. The maximum Gasteiger partial charge on any atom is 0.146 e. The lowest BCUT2D eigenvalue weighted by molar-refractivity contribution is 0.150. The van der Waals surface area contributed by atoms with Gasteiger partial charge < -0.3 is 9.84 Å². The van der Waals surface area contributed by atoms with Gasteiger partial charge >= 0.3 is 0 Å². The minimum absolute atomic E-state index is 0.0980. The molecule has 0 aliphatic heterocycles. The molecule has 0 spiro atoms. The Labute approximate surface area is 106 Å². The predicted octanol–water partition coefficient (Wildman–Crippen LogP) is 2.23. The molecule has 0 saturated heterocycles. The second-order valence-corrected chi connectivity index (χ2v) is 4.82. The number of benzene rings is 1. The number of para-hydroxylation sites is 1. The number of nitrogens with zero attached hydrogens (tertiary/aromatic N) is 2. The van der Waals surface area contributed by atoms with E-state index in [2.05, 4.69) is 9.97 Å². The Bertz CT molecular complexity index is 571. The average Bonchev–Trinajstić information content (AvgIpc) is 2.76. The summed E-state index contributed by atoms with van der Waals surface area (Å²) in [6.45, 7) is 1.87. The first-order valence-corrected chi connectivity index (χ1v) is 6.29. The lowest BCUT2D eigenvalue weighted by Crippen LogP contribution is -2.13. The molecule has 0 amide bonds. The van der Waals surface area contributed by atoms with Crippen molar-refractivity contribution in [2.75, 3.05) is 0 Å². The molecule has 1 heterocycles. The lowest BCUT2D eigenvalue weighted by Gasteiger charge is -2.14. The highest BCUT2D eigenvalue weighted by Gasteiger charge is 2.24. The van der Waals surface area contributed by atoms with Crippen LogP contribution in [-0.2, 0) is 0 Å². The number of hydrogen-bond acceptors (Lipinski definition) is 4. The molecular formula is C14H16N2O2. The van der Waals surface area contributed by atoms with Gasteiger partial charge in [0.05, 0.1) is 6.10 Å². The molecule has 94 valence electrons. The van der Waals surface area contributed by atoms with Gasteiger partial charge in [0, 0.05) is 18.0 Å². The summed E-state index contributed by atoms with van der Waals surface area (Å²) in [5.74, 6) is 1.53. The first-order chi connectivity index (χ1) is 8.72. The smallest absolute Gasteiger partial charge is 0.146 e. The van der Waals surface area contributed by atoms with Crippen LogP contribution in [0, 0.1) is 6.92 Å². The third kappa shape index (κ3) is 2.16. The molecule has 3 rings (SSSR count). The molecule has 2 atom stereocenters. The van der Waals surface area contributed by atoms with Crippen LogP contribution in [0.5, 0.6) is 5.75 Å². The summed E-state index contributed by atoms with van der Waals surface area (Å²) in [5.41, 5.74) is 0.853. The molecule has 2 aromatic rings. The Balaban J connectivity index is 1.93. The topological polar surface area (TPSA) is 55.2 Å². The third-order valence-corrected chi connectivity index (χ3v) is 3.34. The van der Waals surface area contributed by atoms with Crippen LogP contribution in [0.15, 0.2) is 24.4 Å². The van der Waals surface area contributed by atoms with Crippen molar-refractivity contribution < 1.29 is 9.84 Å². The molecule has 1 aliphatic rings. The zero-order chi connectivity index (χ0) is 12.5. The average molecular weight is 244 g/mol. The van der Waals surface area contributed by atoms with E-state index in [9.17, 15) is 5.11 Å². The second kappa shape index (κ2) is 4.53. The Morgan fingerprint density at radius 2 is 2.22 bits per heavy atom. The quantitative estimate of drug-likeness (QED) is 0.880. The molecule has 18 heavy (non-hydrogen) atoms. The van der Waals surface area contributed by atoms with Crippen molar-refractivity contribution in [3.8, 4) is 5.75 Å². The first-order valence-electron chi connectivity index (χ1n) is 6.29. The van der Waals surface area contributed by atoms with Crippen molar-refractivity contribution >= 4 is 10.9 Å². The Morgan fingerprint density at radius 1 is 1.33 bits per heavy atom. The van der Waals surface area contributed by atoms with Gasteiger partial charge in [-0.3, -0.25) is 0 Å². The molecular weight excluding hydrogens is 228 g/mol. The van der Waals surface area contributed by atoms with Gasteiger partial charge in [-0.2, -0.15) is 0 Å². The SMILES string of the molecule is Cc1ncc2cccc(OC3CCC(O)C3)c2n1. The van der Waals surface area contributed by atoms with Crippen LogP contribution < -0.4 is 4.74 Å². The van der Waals surface area contributed by atoms with Crippen molar-refractivity contribution in [2.45, 2.75) is 38.4 Å². The number of aliphatic hydroxyl groups is 1. The van der Waals surface area contributed by atoms with Gasteiger partial charge in [-0.25, -0.2) is 9.97 Å². The van der Waals surface area contributed by atoms with E-state index in [0.717, 1.165) is 35.3 Å². The summed E-state index contributed by atoms with van der Waals surface area (Å²) in [7, 11) is 0. The summed E-state index contributed by atoms with van der Waals surface area (Å²) in [5, 5.41) is 10.5. The second-order valence-electron chi connectivity index (χ2n) is 4.82. The van der Waals surface area contributed by atoms with E-state index in [0.29, 0.717) is 6.42 Å². The van der Waals surface area contributed by atoms with Crippen molar-refractivity contribution in [1.29, 1.82) is 0 Å². The van der Waals surface area contributed by atoms with E-state index < -0.39 is 0 Å². The summed E-state index contributed by atoms with van der Waals surface area (Å²) < 4.78 is 5.96. The molecule has 4 nitrogen and oxygen atoms in total. The number of aliphatic hydroxyl groups excluding tert-OH is 1. The zero-order valence-corrected chi connectivity index (χ0v) is 10.3. The van der Waals surface area contributed by atoms with Gasteiger partial charge in [0.15, 0.2) is 0 Å². The zero-order valence-electron chi connectivity index (χ0n) is 10.3. The lowest BCUT2D eigenvalue weighted by atomic mass is 10.2. The summed E-state index contributed by atoms with van der Waals surface area (Å²) >= 11 is 0. The molecule has 0 bridgehead atoms. The molecule has 0 radical (unpaired) electrons. The van der Waals surface area contributed by atoms with Crippen molar-refractivity contribution in [3.05, 3.63) is 30.2 Å². The highest BCUT2D eigenvalue weighted by Crippen LogP contribution is 2.29. The van der Waals surface area contributed by atoms with Crippen LogP contribution in [-0.4, -0.2) is 27.3 Å². The molecule has 2 unspecified atom stereocenters. The highest BCUT2D eigenvalue weighted by atomic mass is 16.5. The third-order valence-electron chi connectivity index (χ3n) is 3.34. The van der Waals surface area contributed by atoms with Gasteiger partial charge in [-0.1, -0.05) is 12.1 Å². The van der Waals surface area contributed by atoms with Crippen molar-refractivity contribution in [2.24, 2.45) is 0 Å². The fourth-order valence-corrected chi connectivity index (χ4v) is 2.42. The van der Waals surface area contributed by atoms with Gasteiger partial charge in [0.1, 0.15) is 23.2 Å². The van der Waals surface area contributed by atoms with E-state index in [4.69, 9.17) is 4.74 Å². The maximum atomic E-state index is 9.53. The molecule has 1 fully saturated rings. The fraction of sp³-hybridized carbons (Fsp3) is 0.429. The minimum atomic E-state index is -0.221. The normalized spacial score (nSPS) is 23.4. The number of aryl methyl sites for hydroxylation is 1. The van der Waals surface area contributed by atoms with Crippen molar-refractivity contribution in [1.82, 2.24) is 9.97 Å². The molecule has 1 aromatic heterocycles. The van der Waals surface area contributed by atoms with Crippen LogP contribution in [0.1, 0.15) is 25.1 Å². The number of fused-ring (bicyclic) bond motifs is 1. The van der Waals surface area contributed by atoms with Crippen LogP contribution in [0.3, 0.4) is 0 Å². The van der Waals surface area contributed by atoms with Crippen LogP contribution in [0.2, 0.25) is 0 Å². The van der Waals surface area contributed by atoms with Crippen molar-refractivity contribution in [3.63, 3.8) is 0 Å². The molecule has 1 aliphatic carbocycles. The van der Waals surface area contributed by atoms with Crippen LogP contribution in [0.25, 0.3) is 10.9 Å². The van der Waals surface area contributed by atoms with Crippen LogP contribution in [0.4, 0.5) is 0 Å². The van der Waals surface area contributed by atoms with Gasteiger partial charge in [-0.15, -0.1) is 0 Å². The van der Waals surface area contributed by atoms with Gasteiger partial charge in [0.25, 0.3) is 0 Å². The van der Waals surface area contributed by atoms with E-state index in [1.165, 1.54) is 0 Å². The Morgan fingerprint density at radius 3 is 3.00 bits per heavy atom. The standard InChI is InChI=1S/C14H16N2O2/c1-9-15-8-10-3-2-4-13(14(10)16-9)18-12-6-5-11(17)7-12/h2-4,8,11-12,17H,5-7H2,1H3. The number of hydrogen-bond donors (Lipinski definition) is 1. The summed E-state index contributed by atoms with van der Waals surface area (Å²) in [6.07, 6.45) is 4.13. The molecule has 1 aromatic carbocycles. The van der Waals surface area contributed by atoms with Gasteiger partial charge in [0.2, 0.25) is 0 Å². The van der Waals surface area contributed by atoms with Gasteiger partial charge in [-0.05, 0) is 25.8 Å². The number of aromatic nitrogens is 2. The predicted molar refractivity (Wildman–Crippen MR) is 68.5 cm³/mol. The van der Waals surface area contributed by atoms with E-state index in [1.807, 2.05) is 31.3 Å².